The molecule has 2 aromatic heterocycles. The summed E-state index contributed by atoms with van der Waals surface area (Å²) in [4.78, 5) is 0.832. The quantitative estimate of drug-likeness (QED) is 0.372. The number of hydrogen-bond donors (Lipinski definition) is 2. The lowest BCUT2D eigenvalue weighted by Gasteiger charge is -2.25. The maximum atomic E-state index is 13.1. The molecule has 8 heteroatoms. The van der Waals surface area contributed by atoms with Crippen molar-refractivity contribution in [3.8, 4) is 10.4 Å². The van der Waals surface area contributed by atoms with Crippen LogP contribution in [0, 0.1) is 19.8 Å². The maximum absolute atomic E-state index is 13.1. The molecule has 1 unspecified atom stereocenters. The zero-order valence-corrected chi connectivity index (χ0v) is 21.2. The maximum Gasteiger partial charge on any atom is 0.271 e. The van der Waals surface area contributed by atoms with Gasteiger partial charge in [-0.05, 0) is 56.9 Å². The third kappa shape index (κ3) is 5.86. The Morgan fingerprint density at radius 2 is 1.88 bits per heavy atom. The van der Waals surface area contributed by atoms with Crippen molar-refractivity contribution in [2.45, 2.75) is 76.1 Å². The molecule has 1 fully saturated rings. The first-order valence-electron chi connectivity index (χ1n) is 11.7. The SMILES string of the molecule is Cc1noc(C)c1-c1ccc(S(=O)(=O)Nc2ccccc2CNC(C)CC2CCCCC2)s1. The molecule has 0 amide bonds. The molecule has 4 rings (SSSR count). The lowest BCUT2D eigenvalue weighted by molar-refractivity contribution is 0.305. The number of thiophene rings is 1. The Morgan fingerprint density at radius 1 is 1.12 bits per heavy atom. The molecule has 178 valence electrons. The highest BCUT2D eigenvalue weighted by atomic mass is 32.2. The van der Waals surface area contributed by atoms with Gasteiger partial charge in [-0.3, -0.25) is 4.72 Å². The molecule has 1 aliphatic rings. The summed E-state index contributed by atoms with van der Waals surface area (Å²) < 4.78 is 34.6. The smallest absolute Gasteiger partial charge is 0.271 e. The molecule has 1 aliphatic carbocycles. The Labute approximate surface area is 200 Å². The van der Waals surface area contributed by atoms with Gasteiger partial charge in [-0.15, -0.1) is 11.3 Å². The van der Waals surface area contributed by atoms with Gasteiger partial charge >= 0.3 is 0 Å². The van der Waals surface area contributed by atoms with E-state index in [1.165, 1.54) is 49.9 Å². The van der Waals surface area contributed by atoms with Crippen LogP contribution in [0.15, 0.2) is 45.1 Å². The molecule has 2 N–H and O–H groups in total. The van der Waals surface area contributed by atoms with E-state index in [4.69, 9.17) is 4.52 Å². The van der Waals surface area contributed by atoms with Gasteiger partial charge in [0.1, 0.15) is 9.97 Å². The lowest BCUT2D eigenvalue weighted by atomic mass is 9.85. The molecule has 1 saturated carbocycles. The molecule has 0 aliphatic heterocycles. The minimum atomic E-state index is -3.70. The van der Waals surface area contributed by atoms with Gasteiger partial charge in [0.15, 0.2) is 0 Å². The first-order chi connectivity index (χ1) is 15.8. The van der Waals surface area contributed by atoms with E-state index in [2.05, 4.69) is 22.1 Å². The van der Waals surface area contributed by atoms with Gasteiger partial charge in [0, 0.05) is 17.5 Å². The number of nitrogens with one attached hydrogen (secondary N) is 2. The molecular formula is C25H33N3O3S2. The van der Waals surface area contributed by atoms with Crippen molar-refractivity contribution < 1.29 is 12.9 Å². The van der Waals surface area contributed by atoms with E-state index in [0.29, 0.717) is 24.0 Å². The van der Waals surface area contributed by atoms with Crippen LogP contribution in [0.3, 0.4) is 0 Å². The second-order valence-corrected chi connectivity index (χ2v) is 12.1. The number of para-hydroxylation sites is 1. The molecule has 6 nitrogen and oxygen atoms in total. The molecule has 3 aromatic rings. The summed E-state index contributed by atoms with van der Waals surface area (Å²) in [6.07, 6.45) is 7.91. The first-order valence-corrected chi connectivity index (χ1v) is 14.0. The Balaban J connectivity index is 1.43. The van der Waals surface area contributed by atoms with Gasteiger partial charge in [-0.2, -0.15) is 0 Å². The molecule has 2 heterocycles. The van der Waals surface area contributed by atoms with Gasteiger partial charge in [0.25, 0.3) is 10.0 Å². The first kappa shape index (κ1) is 24.0. The summed E-state index contributed by atoms with van der Waals surface area (Å²) in [7, 11) is -3.70. The van der Waals surface area contributed by atoms with Crippen LogP contribution in [0.25, 0.3) is 10.4 Å². The summed E-state index contributed by atoms with van der Waals surface area (Å²) in [5.74, 6) is 1.49. The van der Waals surface area contributed by atoms with E-state index in [0.717, 1.165) is 27.6 Å². The van der Waals surface area contributed by atoms with Crippen molar-refractivity contribution in [1.29, 1.82) is 0 Å². The summed E-state index contributed by atoms with van der Waals surface area (Å²) in [5.41, 5.74) is 3.17. The van der Waals surface area contributed by atoms with Crippen molar-refractivity contribution >= 4 is 27.0 Å². The molecule has 0 spiro atoms. The lowest BCUT2D eigenvalue weighted by Crippen LogP contribution is -2.29. The number of hydrogen-bond acceptors (Lipinski definition) is 6. The molecule has 0 saturated heterocycles. The van der Waals surface area contributed by atoms with Gasteiger partial charge < -0.3 is 9.84 Å². The fourth-order valence-corrected chi connectivity index (χ4v) is 7.25. The van der Waals surface area contributed by atoms with Crippen molar-refractivity contribution in [3.63, 3.8) is 0 Å². The third-order valence-corrected chi connectivity index (χ3v) is 9.40. The van der Waals surface area contributed by atoms with Crippen LogP contribution >= 0.6 is 11.3 Å². The van der Waals surface area contributed by atoms with Gasteiger partial charge in [0.05, 0.1) is 16.9 Å². The van der Waals surface area contributed by atoms with Crippen LogP contribution in [0.4, 0.5) is 5.69 Å². The predicted octanol–water partition coefficient (Wildman–Crippen LogP) is 6.27. The molecule has 33 heavy (non-hydrogen) atoms. The van der Waals surface area contributed by atoms with E-state index >= 15 is 0 Å². The summed E-state index contributed by atoms with van der Waals surface area (Å²) >= 11 is 1.22. The van der Waals surface area contributed by atoms with E-state index in [1.807, 2.05) is 44.2 Å². The zero-order chi connectivity index (χ0) is 23.4. The molecule has 1 atom stereocenters. The topological polar surface area (TPSA) is 84.2 Å². The Kier molecular flexibility index (Phi) is 7.56. The fraction of sp³-hybridized carbons (Fsp3) is 0.480. The monoisotopic (exact) mass is 487 g/mol. The van der Waals surface area contributed by atoms with Gasteiger partial charge in [-0.1, -0.05) is 55.5 Å². The van der Waals surface area contributed by atoms with E-state index in [9.17, 15) is 8.42 Å². The highest BCUT2D eigenvalue weighted by molar-refractivity contribution is 7.94. The third-order valence-electron chi connectivity index (χ3n) is 6.44. The Bertz CT molecular complexity index is 1160. The molecular weight excluding hydrogens is 454 g/mol. The standard InChI is InChI=1S/C25H33N3O3S2/c1-17(15-20-9-5-4-6-10-20)26-16-21-11-7-8-12-22(21)28-33(29,30)24-14-13-23(32-24)25-18(2)27-31-19(25)3/h7-8,11-14,17,20,26,28H,4-6,9-10,15-16H2,1-3H3. The number of aryl methyl sites for hydroxylation is 2. The highest BCUT2D eigenvalue weighted by Gasteiger charge is 2.22. The van der Waals surface area contributed by atoms with Gasteiger partial charge in [0.2, 0.25) is 0 Å². The van der Waals surface area contributed by atoms with Crippen LogP contribution in [0.2, 0.25) is 0 Å². The summed E-state index contributed by atoms with van der Waals surface area (Å²) in [5, 5.41) is 7.57. The minimum absolute atomic E-state index is 0.269. The van der Waals surface area contributed by atoms with Crippen molar-refractivity contribution in [2.24, 2.45) is 5.92 Å². The van der Waals surface area contributed by atoms with Crippen molar-refractivity contribution in [1.82, 2.24) is 10.5 Å². The predicted molar refractivity (Wildman–Crippen MR) is 134 cm³/mol. The number of nitrogens with zero attached hydrogens (tertiary/aromatic N) is 1. The fourth-order valence-electron chi connectivity index (χ4n) is 4.69. The molecule has 1 aromatic carbocycles. The van der Waals surface area contributed by atoms with E-state index in [1.54, 1.807) is 6.07 Å². The minimum Gasteiger partial charge on any atom is -0.361 e. The van der Waals surface area contributed by atoms with E-state index in [-0.39, 0.29) is 4.21 Å². The average molecular weight is 488 g/mol. The molecule has 0 bridgehead atoms. The van der Waals surface area contributed by atoms with Crippen LogP contribution < -0.4 is 10.0 Å². The summed E-state index contributed by atoms with van der Waals surface area (Å²) in [6.45, 7) is 6.54. The average Bonchev–Trinajstić information content (AvgIpc) is 3.40. The van der Waals surface area contributed by atoms with Gasteiger partial charge in [-0.25, -0.2) is 8.42 Å². The largest absolute Gasteiger partial charge is 0.361 e. The van der Waals surface area contributed by atoms with Crippen LogP contribution in [-0.2, 0) is 16.6 Å². The number of aromatic nitrogens is 1. The highest BCUT2D eigenvalue weighted by Crippen LogP contribution is 2.35. The number of sulfonamides is 1. The van der Waals surface area contributed by atoms with Crippen molar-refractivity contribution in [2.75, 3.05) is 4.72 Å². The van der Waals surface area contributed by atoms with E-state index < -0.39 is 10.0 Å². The number of benzene rings is 1. The zero-order valence-electron chi connectivity index (χ0n) is 19.6. The number of anilines is 1. The van der Waals surface area contributed by atoms with Crippen molar-refractivity contribution in [3.05, 3.63) is 53.4 Å². The van der Waals surface area contributed by atoms with Crippen LogP contribution in [0.1, 0.15) is 62.5 Å². The second-order valence-electron chi connectivity index (χ2n) is 9.10. The molecule has 0 radical (unpaired) electrons. The van der Waals surface area contributed by atoms with Crippen LogP contribution in [0.5, 0.6) is 0 Å². The number of rotatable bonds is 9. The van der Waals surface area contributed by atoms with Crippen LogP contribution in [-0.4, -0.2) is 19.6 Å². The Hall–Kier alpha value is -2.16. The normalized spacial score (nSPS) is 16.1. The summed E-state index contributed by atoms with van der Waals surface area (Å²) in [6, 6.07) is 11.4. The second kappa shape index (κ2) is 10.4. The Morgan fingerprint density at radius 3 is 2.61 bits per heavy atom.